The molecule has 2 unspecified atom stereocenters. The van der Waals surface area contributed by atoms with Gasteiger partial charge in [0.2, 0.25) is 10.0 Å². The minimum absolute atomic E-state index is 0.177. The highest BCUT2D eigenvalue weighted by molar-refractivity contribution is 7.89. The van der Waals surface area contributed by atoms with Crippen LogP contribution < -0.4 is 9.46 Å². The van der Waals surface area contributed by atoms with Gasteiger partial charge in [-0.25, -0.2) is 13.1 Å². The maximum absolute atomic E-state index is 12.6. The summed E-state index contributed by atoms with van der Waals surface area (Å²) in [6.45, 7) is 2.13. The van der Waals surface area contributed by atoms with Crippen LogP contribution in [-0.4, -0.2) is 33.1 Å². The number of rotatable bonds is 8. The van der Waals surface area contributed by atoms with Gasteiger partial charge in [0.25, 0.3) is 0 Å². The number of carbonyl (C=O) groups is 1. The summed E-state index contributed by atoms with van der Waals surface area (Å²) >= 11 is 5.84. The van der Waals surface area contributed by atoms with Crippen molar-refractivity contribution in [3.8, 4) is 5.75 Å². The van der Waals surface area contributed by atoms with Crippen LogP contribution in [0.5, 0.6) is 5.75 Å². The van der Waals surface area contributed by atoms with Gasteiger partial charge in [-0.3, -0.25) is 4.79 Å². The first kappa shape index (κ1) is 21.6. The third-order valence-corrected chi connectivity index (χ3v) is 6.51. The lowest BCUT2D eigenvalue weighted by molar-refractivity contribution is -0.142. The van der Waals surface area contributed by atoms with Gasteiger partial charge in [-0.1, -0.05) is 23.7 Å². The number of benzene rings is 2. The van der Waals surface area contributed by atoms with Crippen molar-refractivity contribution in [2.75, 3.05) is 6.61 Å². The van der Waals surface area contributed by atoms with Crippen molar-refractivity contribution in [1.29, 1.82) is 0 Å². The largest absolute Gasteiger partial charge is 0.489 e. The minimum Gasteiger partial charge on any atom is -0.489 e. The number of hydrogen-bond donors (Lipinski definition) is 1. The molecule has 2 aromatic carbocycles. The number of esters is 1. The predicted molar refractivity (Wildman–Crippen MR) is 111 cm³/mol. The van der Waals surface area contributed by atoms with E-state index < -0.39 is 10.0 Å². The molecule has 3 rings (SSSR count). The lowest BCUT2D eigenvalue weighted by atomic mass is 10.1. The van der Waals surface area contributed by atoms with Crippen molar-refractivity contribution in [3.63, 3.8) is 0 Å². The summed E-state index contributed by atoms with van der Waals surface area (Å²) in [5.41, 5.74) is 0.835. The van der Waals surface area contributed by atoms with E-state index in [0.29, 0.717) is 23.8 Å². The Balaban J connectivity index is 1.62. The van der Waals surface area contributed by atoms with E-state index in [0.717, 1.165) is 18.4 Å². The van der Waals surface area contributed by atoms with Gasteiger partial charge in [0.05, 0.1) is 24.0 Å². The molecule has 2 aromatic rings. The molecule has 1 saturated carbocycles. The molecular weight excluding hydrogens is 414 g/mol. The van der Waals surface area contributed by atoms with Gasteiger partial charge in [0.1, 0.15) is 11.9 Å². The maximum atomic E-state index is 12.6. The van der Waals surface area contributed by atoms with Crippen LogP contribution in [0.2, 0.25) is 5.02 Å². The van der Waals surface area contributed by atoms with Gasteiger partial charge < -0.3 is 9.47 Å². The first-order valence-corrected chi connectivity index (χ1v) is 11.4. The molecule has 0 radical (unpaired) electrons. The van der Waals surface area contributed by atoms with E-state index in [-0.39, 0.29) is 29.4 Å². The fourth-order valence-electron chi connectivity index (χ4n) is 3.32. The van der Waals surface area contributed by atoms with Crippen molar-refractivity contribution in [2.24, 2.45) is 0 Å². The lowest BCUT2D eigenvalue weighted by Crippen LogP contribution is -2.42. The summed E-state index contributed by atoms with van der Waals surface area (Å²) in [4.78, 5) is 11.7. The normalized spacial score (nSPS) is 19.1. The summed E-state index contributed by atoms with van der Waals surface area (Å²) in [5, 5.41) is 0.484. The zero-order valence-electron chi connectivity index (χ0n) is 16.1. The van der Waals surface area contributed by atoms with Gasteiger partial charge in [-0.2, -0.15) is 0 Å². The van der Waals surface area contributed by atoms with E-state index in [2.05, 4.69) is 4.72 Å². The van der Waals surface area contributed by atoms with Crippen LogP contribution in [0, 0.1) is 0 Å². The predicted octanol–water partition coefficient (Wildman–Crippen LogP) is 3.72. The zero-order valence-corrected chi connectivity index (χ0v) is 17.7. The number of halogens is 1. The van der Waals surface area contributed by atoms with Gasteiger partial charge in [0, 0.05) is 5.02 Å². The standard InChI is InChI=1S/C21H24ClNO5S/c1-2-27-21(24)14-15-6-10-17(11-7-15)28-20-5-3-4-19(20)23-29(25,26)18-12-8-16(22)9-13-18/h6-13,19-20,23H,2-5,14H2,1H3. The third-order valence-electron chi connectivity index (χ3n) is 4.75. The van der Waals surface area contributed by atoms with E-state index in [9.17, 15) is 13.2 Å². The van der Waals surface area contributed by atoms with Crippen molar-refractivity contribution in [1.82, 2.24) is 4.72 Å². The Morgan fingerprint density at radius 2 is 1.79 bits per heavy atom. The molecule has 6 nitrogen and oxygen atoms in total. The van der Waals surface area contributed by atoms with Crippen molar-refractivity contribution in [3.05, 3.63) is 59.1 Å². The number of hydrogen-bond acceptors (Lipinski definition) is 5. The van der Waals surface area contributed by atoms with Crippen LogP contribution in [0.3, 0.4) is 0 Å². The second kappa shape index (κ2) is 9.61. The number of sulfonamides is 1. The van der Waals surface area contributed by atoms with Crippen molar-refractivity contribution >= 4 is 27.6 Å². The molecule has 0 bridgehead atoms. The molecule has 0 aromatic heterocycles. The average molecular weight is 438 g/mol. The first-order chi connectivity index (χ1) is 13.9. The highest BCUT2D eigenvalue weighted by Crippen LogP contribution is 2.27. The van der Waals surface area contributed by atoms with Crippen molar-refractivity contribution in [2.45, 2.75) is 49.6 Å². The highest BCUT2D eigenvalue weighted by atomic mass is 35.5. The van der Waals surface area contributed by atoms with Gasteiger partial charge in [0.15, 0.2) is 0 Å². The Kier molecular flexibility index (Phi) is 7.16. The van der Waals surface area contributed by atoms with E-state index >= 15 is 0 Å². The maximum Gasteiger partial charge on any atom is 0.310 e. The van der Waals surface area contributed by atoms with Crippen LogP contribution in [0.15, 0.2) is 53.4 Å². The van der Waals surface area contributed by atoms with E-state index in [4.69, 9.17) is 21.1 Å². The van der Waals surface area contributed by atoms with E-state index in [1.165, 1.54) is 12.1 Å². The van der Waals surface area contributed by atoms with Gasteiger partial charge in [-0.15, -0.1) is 0 Å². The Morgan fingerprint density at radius 3 is 2.45 bits per heavy atom. The number of nitrogens with one attached hydrogen (secondary N) is 1. The molecule has 0 heterocycles. The summed E-state index contributed by atoms with van der Waals surface area (Å²) in [7, 11) is -3.65. The molecule has 1 aliphatic carbocycles. The van der Waals surface area contributed by atoms with Gasteiger partial charge >= 0.3 is 5.97 Å². The second-order valence-electron chi connectivity index (χ2n) is 6.89. The summed E-state index contributed by atoms with van der Waals surface area (Å²) in [5.74, 6) is 0.369. The fraction of sp³-hybridized carbons (Fsp3) is 0.381. The van der Waals surface area contributed by atoms with Crippen LogP contribution >= 0.6 is 11.6 Å². The molecule has 8 heteroatoms. The molecule has 0 spiro atoms. The first-order valence-electron chi connectivity index (χ1n) is 9.56. The molecular formula is C21H24ClNO5S. The number of carbonyl (C=O) groups excluding carboxylic acids is 1. The summed E-state index contributed by atoms with van der Waals surface area (Å²) < 4.78 is 39.0. The van der Waals surface area contributed by atoms with Crippen LogP contribution in [-0.2, 0) is 26.0 Å². The van der Waals surface area contributed by atoms with Crippen LogP contribution in [0.4, 0.5) is 0 Å². The molecule has 156 valence electrons. The minimum atomic E-state index is -3.65. The molecule has 0 amide bonds. The molecule has 29 heavy (non-hydrogen) atoms. The third kappa shape index (κ3) is 5.95. The molecule has 1 aliphatic rings. The lowest BCUT2D eigenvalue weighted by Gasteiger charge is -2.22. The average Bonchev–Trinajstić information content (AvgIpc) is 3.10. The zero-order chi connectivity index (χ0) is 20.9. The monoisotopic (exact) mass is 437 g/mol. The van der Waals surface area contributed by atoms with Crippen molar-refractivity contribution < 1.29 is 22.7 Å². The summed E-state index contributed by atoms with van der Waals surface area (Å²) in [6, 6.07) is 13.0. The Bertz CT molecular complexity index is 929. The highest BCUT2D eigenvalue weighted by Gasteiger charge is 2.33. The van der Waals surface area contributed by atoms with Crippen LogP contribution in [0.25, 0.3) is 0 Å². The fourth-order valence-corrected chi connectivity index (χ4v) is 4.75. The molecule has 2 atom stereocenters. The molecule has 0 aliphatic heterocycles. The Labute approximate surface area is 176 Å². The quantitative estimate of drug-likeness (QED) is 0.636. The van der Waals surface area contributed by atoms with E-state index in [1.807, 2.05) is 12.1 Å². The SMILES string of the molecule is CCOC(=O)Cc1ccc(OC2CCCC2NS(=O)(=O)c2ccc(Cl)cc2)cc1. The number of ether oxygens (including phenoxy) is 2. The summed E-state index contributed by atoms with van der Waals surface area (Å²) in [6.07, 6.45) is 2.30. The van der Waals surface area contributed by atoms with Crippen LogP contribution in [0.1, 0.15) is 31.7 Å². The Morgan fingerprint density at radius 1 is 1.10 bits per heavy atom. The molecule has 1 fully saturated rings. The topological polar surface area (TPSA) is 81.7 Å². The smallest absolute Gasteiger partial charge is 0.310 e. The van der Waals surface area contributed by atoms with Gasteiger partial charge in [-0.05, 0) is 68.1 Å². The molecule has 0 saturated heterocycles. The van der Waals surface area contributed by atoms with E-state index in [1.54, 1.807) is 31.2 Å². The second-order valence-corrected chi connectivity index (χ2v) is 9.05. The Hall–Kier alpha value is -2.09. The molecule has 1 N–H and O–H groups in total.